The molecule has 3 heteroatoms. The minimum absolute atomic E-state index is 0.188. The van der Waals surface area contributed by atoms with Crippen LogP contribution in [0.4, 0.5) is 0 Å². The van der Waals surface area contributed by atoms with E-state index in [1.54, 1.807) is 0 Å². The van der Waals surface area contributed by atoms with E-state index in [9.17, 15) is 5.11 Å². The van der Waals surface area contributed by atoms with Gasteiger partial charge in [0.25, 0.3) is 0 Å². The van der Waals surface area contributed by atoms with E-state index in [1.165, 1.54) is 12.0 Å². The molecule has 1 aliphatic carbocycles. The molecule has 3 rings (SSSR count). The highest BCUT2D eigenvalue weighted by molar-refractivity contribution is 5.26. The number of aliphatic hydroxyl groups is 1. The first-order valence-corrected chi connectivity index (χ1v) is 8.27. The third kappa shape index (κ3) is 2.52. The molecule has 1 aliphatic heterocycles. The van der Waals surface area contributed by atoms with E-state index >= 15 is 0 Å². The highest BCUT2D eigenvalue weighted by Crippen LogP contribution is 2.54. The van der Waals surface area contributed by atoms with Crippen molar-refractivity contribution in [2.75, 3.05) is 19.8 Å². The average molecular weight is 289 g/mol. The van der Waals surface area contributed by atoms with Gasteiger partial charge in [0.1, 0.15) is 0 Å². The Hall–Kier alpha value is -0.900. The lowest BCUT2D eigenvalue weighted by Crippen LogP contribution is -2.59. The smallest absolute Gasteiger partial charge is 0.0785 e. The van der Waals surface area contributed by atoms with Crippen LogP contribution in [0.3, 0.4) is 0 Å². The van der Waals surface area contributed by atoms with Gasteiger partial charge in [0.15, 0.2) is 0 Å². The molecule has 2 atom stereocenters. The van der Waals surface area contributed by atoms with Gasteiger partial charge in [0.2, 0.25) is 0 Å². The first-order chi connectivity index (χ1) is 10.2. The second-order valence-electron chi connectivity index (χ2n) is 6.73. The molecule has 1 aromatic carbocycles. The summed E-state index contributed by atoms with van der Waals surface area (Å²) in [5, 5.41) is 11.7. The maximum Gasteiger partial charge on any atom is 0.0785 e. The van der Waals surface area contributed by atoms with Crippen molar-refractivity contribution in [1.29, 1.82) is 0 Å². The van der Waals surface area contributed by atoms with Crippen molar-refractivity contribution in [1.82, 2.24) is 0 Å². The second-order valence-corrected chi connectivity index (χ2v) is 6.73. The second kappa shape index (κ2) is 6.07. The van der Waals surface area contributed by atoms with Gasteiger partial charge in [-0.1, -0.05) is 43.2 Å². The summed E-state index contributed by atoms with van der Waals surface area (Å²) in [5.74, 6) is 0.203. The molecular weight excluding hydrogens is 262 g/mol. The molecule has 0 amide bonds. The summed E-state index contributed by atoms with van der Waals surface area (Å²) in [6, 6.07) is 10.5. The Kier molecular flexibility index (Phi) is 4.34. The first-order valence-electron chi connectivity index (χ1n) is 8.27. The third-order valence-corrected chi connectivity index (χ3v) is 5.84. The molecule has 2 aliphatic rings. The number of nitrogens with two attached hydrogens (primary N) is 1. The van der Waals surface area contributed by atoms with Crippen LogP contribution in [0.2, 0.25) is 0 Å². The van der Waals surface area contributed by atoms with E-state index in [2.05, 4.69) is 24.3 Å². The van der Waals surface area contributed by atoms with Crippen LogP contribution < -0.4 is 5.73 Å². The van der Waals surface area contributed by atoms with Gasteiger partial charge in [-0.3, -0.25) is 0 Å². The summed E-state index contributed by atoms with van der Waals surface area (Å²) in [6.07, 6.45) is 5.97. The standard InChI is InChI=1S/C18H27NO2/c19-14-17(10-12-21-13-11-17)18(20)9-5-4-8-16(18)15-6-2-1-3-7-15/h1-3,6-7,16,20H,4-5,8-14,19H2. The fraction of sp³-hybridized carbons (Fsp3) is 0.667. The number of benzene rings is 1. The Bertz CT molecular complexity index is 456. The molecule has 1 aromatic rings. The van der Waals surface area contributed by atoms with E-state index < -0.39 is 5.60 Å². The average Bonchev–Trinajstić information content (AvgIpc) is 2.56. The van der Waals surface area contributed by atoms with Gasteiger partial charge >= 0.3 is 0 Å². The van der Waals surface area contributed by atoms with Crippen molar-refractivity contribution < 1.29 is 9.84 Å². The molecule has 21 heavy (non-hydrogen) atoms. The normalized spacial score (nSPS) is 32.8. The van der Waals surface area contributed by atoms with Crippen LogP contribution in [0.1, 0.15) is 50.0 Å². The lowest BCUT2D eigenvalue weighted by molar-refractivity contribution is -0.157. The zero-order valence-electron chi connectivity index (χ0n) is 12.8. The summed E-state index contributed by atoms with van der Waals surface area (Å²) in [4.78, 5) is 0. The number of hydrogen-bond acceptors (Lipinski definition) is 3. The zero-order valence-corrected chi connectivity index (χ0v) is 12.8. The summed E-state index contributed by atoms with van der Waals surface area (Å²) in [6.45, 7) is 2.00. The topological polar surface area (TPSA) is 55.5 Å². The molecule has 1 saturated heterocycles. The largest absolute Gasteiger partial charge is 0.389 e. The van der Waals surface area contributed by atoms with Crippen LogP contribution >= 0.6 is 0 Å². The molecule has 2 unspecified atom stereocenters. The molecule has 1 heterocycles. The predicted molar refractivity (Wildman–Crippen MR) is 84.1 cm³/mol. The van der Waals surface area contributed by atoms with Gasteiger partial charge in [0.05, 0.1) is 5.60 Å². The Morgan fingerprint density at radius 1 is 1.10 bits per heavy atom. The minimum atomic E-state index is -0.689. The van der Waals surface area contributed by atoms with E-state index in [-0.39, 0.29) is 11.3 Å². The monoisotopic (exact) mass is 289 g/mol. The van der Waals surface area contributed by atoms with Gasteiger partial charge in [0, 0.05) is 31.1 Å². The highest BCUT2D eigenvalue weighted by atomic mass is 16.5. The Morgan fingerprint density at radius 3 is 2.48 bits per heavy atom. The van der Waals surface area contributed by atoms with Crippen molar-refractivity contribution in [3.8, 4) is 0 Å². The number of rotatable bonds is 3. The van der Waals surface area contributed by atoms with Crippen molar-refractivity contribution in [3.05, 3.63) is 35.9 Å². The zero-order chi connectivity index (χ0) is 14.8. The third-order valence-electron chi connectivity index (χ3n) is 5.84. The van der Waals surface area contributed by atoms with Gasteiger partial charge in [-0.15, -0.1) is 0 Å². The minimum Gasteiger partial charge on any atom is -0.389 e. The maximum atomic E-state index is 11.7. The Morgan fingerprint density at radius 2 is 1.81 bits per heavy atom. The van der Waals surface area contributed by atoms with E-state index in [1.807, 2.05) is 6.07 Å². The molecule has 2 fully saturated rings. The lowest BCUT2D eigenvalue weighted by Gasteiger charge is -2.55. The van der Waals surface area contributed by atoms with Crippen molar-refractivity contribution >= 4 is 0 Å². The predicted octanol–water partition coefficient (Wildman–Crippen LogP) is 2.83. The van der Waals surface area contributed by atoms with Crippen molar-refractivity contribution in [2.24, 2.45) is 11.1 Å². The molecular formula is C18H27NO2. The summed E-state index contributed by atoms with van der Waals surface area (Å²) in [5.41, 5.74) is 6.56. The number of hydrogen-bond donors (Lipinski definition) is 2. The fourth-order valence-corrected chi connectivity index (χ4v) is 4.49. The van der Waals surface area contributed by atoms with Crippen molar-refractivity contribution in [3.63, 3.8) is 0 Å². The molecule has 1 saturated carbocycles. The molecule has 0 aromatic heterocycles. The van der Waals surface area contributed by atoms with Crippen LogP contribution in [0.5, 0.6) is 0 Å². The van der Waals surface area contributed by atoms with Crippen LogP contribution in [0.25, 0.3) is 0 Å². The van der Waals surface area contributed by atoms with Crippen LogP contribution in [-0.4, -0.2) is 30.5 Å². The van der Waals surface area contributed by atoms with Crippen LogP contribution in [-0.2, 0) is 4.74 Å². The Balaban J connectivity index is 1.98. The molecule has 3 nitrogen and oxygen atoms in total. The van der Waals surface area contributed by atoms with Gasteiger partial charge < -0.3 is 15.6 Å². The Labute approximate surface area is 127 Å². The van der Waals surface area contributed by atoms with Gasteiger partial charge in [-0.25, -0.2) is 0 Å². The summed E-state index contributed by atoms with van der Waals surface area (Å²) < 4.78 is 5.54. The summed E-state index contributed by atoms with van der Waals surface area (Å²) >= 11 is 0. The highest BCUT2D eigenvalue weighted by Gasteiger charge is 2.55. The molecule has 3 N–H and O–H groups in total. The fourth-order valence-electron chi connectivity index (χ4n) is 4.49. The summed E-state index contributed by atoms with van der Waals surface area (Å²) in [7, 11) is 0. The van der Waals surface area contributed by atoms with Crippen LogP contribution in [0.15, 0.2) is 30.3 Å². The maximum absolute atomic E-state index is 11.7. The van der Waals surface area contributed by atoms with E-state index in [0.29, 0.717) is 6.54 Å². The molecule has 0 spiro atoms. The van der Waals surface area contributed by atoms with Gasteiger partial charge in [-0.2, -0.15) is 0 Å². The van der Waals surface area contributed by atoms with E-state index in [4.69, 9.17) is 10.5 Å². The van der Waals surface area contributed by atoms with Crippen LogP contribution in [0, 0.1) is 5.41 Å². The SMILES string of the molecule is NCC1(C2(O)CCCCC2c2ccccc2)CCOCC1. The molecule has 0 bridgehead atoms. The number of ether oxygens (including phenoxy) is 1. The first kappa shape index (κ1) is 15.0. The molecule has 116 valence electrons. The van der Waals surface area contributed by atoms with Gasteiger partial charge in [-0.05, 0) is 31.2 Å². The lowest BCUT2D eigenvalue weighted by atomic mass is 9.56. The molecule has 0 radical (unpaired) electrons. The quantitative estimate of drug-likeness (QED) is 0.899. The van der Waals surface area contributed by atoms with E-state index in [0.717, 1.165) is 45.3 Å². The van der Waals surface area contributed by atoms with Crippen molar-refractivity contribution in [2.45, 2.75) is 50.0 Å².